The topological polar surface area (TPSA) is 83.9 Å². The Bertz CT molecular complexity index is 1300. The minimum absolute atomic E-state index is 0.00408. The molecule has 0 radical (unpaired) electrons. The fraction of sp³-hybridized carbons (Fsp3) is 0.333. The van der Waals surface area contributed by atoms with Gasteiger partial charge in [0.1, 0.15) is 15.8 Å². The van der Waals surface area contributed by atoms with E-state index in [2.05, 4.69) is 0 Å². The van der Waals surface area contributed by atoms with Crippen LogP contribution in [-0.4, -0.2) is 60.0 Å². The van der Waals surface area contributed by atoms with Crippen LogP contribution in [0.3, 0.4) is 0 Å². The van der Waals surface area contributed by atoms with E-state index in [-0.39, 0.29) is 35.2 Å². The van der Waals surface area contributed by atoms with Gasteiger partial charge in [0, 0.05) is 25.3 Å². The summed E-state index contributed by atoms with van der Waals surface area (Å²) in [6, 6.07) is 12.9. The highest BCUT2D eigenvalue weighted by Crippen LogP contribution is 2.39. The summed E-state index contributed by atoms with van der Waals surface area (Å²) >= 11 is -0.523. The van der Waals surface area contributed by atoms with Crippen LogP contribution in [0.5, 0.6) is 0 Å². The molecule has 2 aromatic carbocycles. The third-order valence-corrected chi connectivity index (χ3v) is 11.0. The molecule has 1 N–H and O–H groups in total. The first-order valence-electron chi connectivity index (χ1n) is 11.1. The van der Waals surface area contributed by atoms with Crippen LogP contribution in [0.15, 0.2) is 75.1 Å². The van der Waals surface area contributed by atoms with E-state index >= 15 is 0 Å². The van der Waals surface area contributed by atoms with Crippen molar-refractivity contribution >= 4 is 38.2 Å². The average Bonchev–Trinajstić information content (AvgIpc) is 3.40. The van der Waals surface area contributed by atoms with Crippen LogP contribution in [0.1, 0.15) is 12.5 Å². The number of hydrogen-bond acceptors (Lipinski definition) is 6. The van der Waals surface area contributed by atoms with Crippen LogP contribution >= 0.6 is 11.3 Å². The molecule has 0 spiro atoms. The molecule has 37 heavy (non-hydrogen) atoms. The number of anilines is 1. The van der Waals surface area contributed by atoms with E-state index in [0.717, 1.165) is 11.3 Å². The molecule has 0 bridgehead atoms. The highest BCUT2D eigenvalue weighted by Gasteiger charge is 2.51. The molecule has 1 saturated heterocycles. The average molecular weight is 577 g/mol. The summed E-state index contributed by atoms with van der Waals surface area (Å²) in [6.45, 7) is 0.979. The van der Waals surface area contributed by atoms with Crippen molar-refractivity contribution in [2.75, 3.05) is 30.3 Å². The fourth-order valence-corrected chi connectivity index (χ4v) is 7.94. The quantitative estimate of drug-likeness (QED) is 0.334. The van der Waals surface area contributed by atoms with Crippen molar-refractivity contribution in [1.29, 1.82) is 0 Å². The molecule has 4 rings (SSSR count). The molecular formula is C24H24F4N2O4S3. The summed E-state index contributed by atoms with van der Waals surface area (Å²) in [4.78, 5) is 2.17. The summed E-state index contributed by atoms with van der Waals surface area (Å²) in [5.74, 6) is -0.479. The molecule has 0 amide bonds. The lowest BCUT2D eigenvalue weighted by Gasteiger charge is -2.41. The minimum Gasteiger partial charge on any atom is -0.611 e. The van der Waals surface area contributed by atoms with E-state index in [1.54, 1.807) is 16.3 Å². The molecule has 6 nitrogen and oxygen atoms in total. The molecule has 200 valence electrons. The lowest BCUT2D eigenvalue weighted by molar-refractivity contribution is -0.258. The van der Waals surface area contributed by atoms with E-state index in [1.807, 2.05) is 0 Å². The zero-order valence-electron chi connectivity index (χ0n) is 19.6. The van der Waals surface area contributed by atoms with Gasteiger partial charge >= 0.3 is 6.18 Å². The predicted molar refractivity (Wildman–Crippen MR) is 134 cm³/mol. The number of halogens is 4. The number of hydrogen-bond donors (Lipinski definition) is 1. The Morgan fingerprint density at radius 2 is 1.73 bits per heavy atom. The van der Waals surface area contributed by atoms with Gasteiger partial charge in [0.15, 0.2) is 10.5 Å². The van der Waals surface area contributed by atoms with Crippen LogP contribution in [0.2, 0.25) is 0 Å². The molecule has 0 aliphatic carbocycles. The zero-order chi connectivity index (χ0) is 27.0. The Morgan fingerprint density at radius 1 is 1.08 bits per heavy atom. The number of benzene rings is 2. The molecule has 2 heterocycles. The highest BCUT2D eigenvalue weighted by molar-refractivity contribution is 7.91. The lowest BCUT2D eigenvalue weighted by atomic mass is 9.95. The summed E-state index contributed by atoms with van der Waals surface area (Å²) in [6.07, 6.45) is -4.87. The van der Waals surface area contributed by atoms with E-state index in [9.17, 15) is 35.6 Å². The second kappa shape index (κ2) is 10.5. The largest absolute Gasteiger partial charge is 0.611 e. The van der Waals surface area contributed by atoms with Crippen LogP contribution in [-0.2, 0) is 26.8 Å². The Kier molecular flexibility index (Phi) is 7.94. The van der Waals surface area contributed by atoms with E-state index in [1.165, 1.54) is 58.9 Å². The standard InChI is InChI=1S/C24H24F4N2O4S3/c1-23(31,24(26,27)28)17-4-8-19(9-5-17)30-13-12-29(37(33,34)22-3-2-14-35-22)15-20(30)16-36(32)21-10-6-18(25)7-11-21/h2-11,14,20,31H,12-13,15-16H2,1H3/t20-,23-,36-/m1/s1. The van der Waals surface area contributed by atoms with Gasteiger partial charge in [-0.15, -0.1) is 11.3 Å². The number of rotatable bonds is 7. The molecule has 0 unspecified atom stereocenters. The molecule has 1 aliphatic heterocycles. The number of aliphatic hydroxyl groups is 1. The Morgan fingerprint density at radius 3 is 2.30 bits per heavy atom. The molecule has 3 aromatic rings. The monoisotopic (exact) mass is 576 g/mol. The number of nitrogens with zero attached hydrogens (tertiary/aromatic N) is 2. The van der Waals surface area contributed by atoms with Gasteiger partial charge in [0.05, 0.1) is 6.04 Å². The SMILES string of the molecule is C[C@@](O)(c1ccc(N2CCN(S(=O)(=O)c3cccs3)C[C@@H]2C[S@@+]([O-])c2ccc(F)cc2)cc1)C(F)(F)F. The third-order valence-electron chi connectivity index (χ3n) is 6.27. The van der Waals surface area contributed by atoms with E-state index in [0.29, 0.717) is 17.5 Å². The molecule has 1 aromatic heterocycles. The minimum atomic E-state index is -4.87. The van der Waals surface area contributed by atoms with Gasteiger partial charge in [0.2, 0.25) is 0 Å². The second-order valence-electron chi connectivity index (χ2n) is 8.73. The van der Waals surface area contributed by atoms with Crippen molar-refractivity contribution in [3.8, 4) is 0 Å². The van der Waals surface area contributed by atoms with Crippen molar-refractivity contribution in [2.24, 2.45) is 0 Å². The van der Waals surface area contributed by atoms with Crippen LogP contribution < -0.4 is 4.90 Å². The maximum absolute atomic E-state index is 13.3. The molecular weight excluding hydrogens is 552 g/mol. The number of thiophene rings is 1. The van der Waals surface area contributed by atoms with Crippen molar-refractivity contribution in [2.45, 2.75) is 33.8 Å². The maximum Gasteiger partial charge on any atom is 0.421 e. The van der Waals surface area contributed by atoms with Crippen molar-refractivity contribution in [3.05, 3.63) is 77.4 Å². The molecule has 1 aliphatic rings. The van der Waals surface area contributed by atoms with Gasteiger partial charge in [0.25, 0.3) is 10.0 Å². The molecule has 1 fully saturated rings. The Labute approximate surface area is 219 Å². The summed E-state index contributed by atoms with van der Waals surface area (Å²) in [5.41, 5.74) is -2.88. The zero-order valence-corrected chi connectivity index (χ0v) is 22.0. The number of sulfonamides is 1. The fourth-order valence-electron chi connectivity index (χ4n) is 4.06. The number of piperazine rings is 1. The van der Waals surface area contributed by atoms with Gasteiger partial charge in [-0.2, -0.15) is 17.5 Å². The van der Waals surface area contributed by atoms with Crippen LogP contribution in [0, 0.1) is 5.82 Å². The lowest BCUT2D eigenvalue weighted by Crippen LogP contribution is -2.57. The van der Waals surface area contributed by atoms with Gasteiger partial charge in [-0.3, -0.25) is 0 Å². The summed E-state index contributed by atoms with van der Waals surface area (Å²) in [7, 11) is -3.79. The molecule has 13 heteroatoms. The normalized spacial score (nSPS) is 20.0. The summed E-state index contributed by atoms with van der Waals surface area (Å²) in [5, 5.41) is 11.6. The van der Waals surface area contributed by atoms with Crippen molar-refractivity contribution in [1.82, 2.24) is 4.31 Å². The van der Waals surface area contributed by atoms with E-state index in [4.69, 9.17) is 0 Å². The molecule has 3 atom stereocenters. The van der Waals surface area contributed by atoms with Crippen molar-refractivity contribution in [3.63, 3.8) is 0 Å². The van der Waals surface area contributed by atoms with E-state index < -0.39 is 44.8 Å². The Balaban J connectivity index is 1.62. The van der Waals surface area contributed by atoms with Gasteiger partial charge in [-0.1, -0.05) is 18.2 Å². The van der Waals surface area contributed by atoms with Crippen molar-refractivity contribution < 1.29 is 35.6 Å². The van der Waals surface area contributed by atoms with Gasteiger partial charge in [-0.25, -0.2) is 12.8 Å². The first-order valence-corrected chi connectivity index (χ1v) is 14.8. The predicted octanol–water partition coefficient (Wildman–Crippen LogP) is 4.34. The Hall–Kier alpha value is -2.16. The summed E-state index contributed by atoms with van der Waals surface area (Å²) < 4.78 is 94.0. The third kappa shape index (κ3) is 5.81. The smallest absolute Gasteiger partial charge is 0.421 e. The first-order chi connectivity index (χ1) is 17.3. The molecule has 0 saturated carbocycles. The van der Waals surface area contributed by atoms with Crippen LogP contribution in [0.4, 0.5) is 23.2 Å². The highest BCUT2D eigenvalue weighted by atomic mass is 32.2. The van der Waals surface area contributed by atoms with Crippen LogP contribution in [0.25, 0.3) is 0 Å². The second-order valence-corrected chi connectivity index (χ2v) is 13.3. The maximum atomic E-state index is 13.3. The van der Waals surface area contributed by atoms with Gasteiger partial charge < -0.3 is 14.6 Å². The first kappa shape index (κ1) is 27.9. The van der Waals surface area contributed by atoms with Gasteiger partial charge in [-0.05, 0) is 71.5 Å². The number of alkyl halides is 3.